The highest BCUT2D eigenvalue weighted by Gasteiger charge is 2.15. The van der Waals surface area contributed by atoms with Gasteiger partial charge in [-0.05, 0) is 49.7 Å². The first-order valence-corrected chi connectivity index (χ1v) is 7.87. The molecule has 1 aromatic carbocycles. The number of aryl methyl sites for hydroxylation is 1. The molecule has 0 bridgehead atoms. The predicted molar refractivity (Wildman–Crippen MR) is 87.3 cm³/mol. The average molecular weight is 279 g/mol. The van der Waals surface area contributed by atoms with Crippen LogP contribution in [0.2, 0.25) is 0 Å². The molecule has 0 saturated carbocycles. The molecule has 108 valence electrons. The predicted octanol–water partition coefficient (Wildman–Crippen LogP) is 3.71. The van der Waals surface area contributed by atoms with E-state index < -0.39 is 0 Å². The molecule has 1 saturated heterocycles. The lowest BCUT2D eigenvalue weighted by Gasteiger charge is -2.26. The second-order valence-electron chi connectivity index (χ2n) is 6.13. The molecule has 0 unspecified atom stereocenters. The number of pyridine rings is 1. The minimum atomic E-state index is 1.06. The fourth-order valence-corrected chi connectivity index (χ4v) is 3.62. The van der Waals surface area contributed by atoms with Crippen LogP contribution in [0.4, 0.5) is 0 Å². The van der Waals surface area contributed by atoms with Gasteiger partial charge in [0.15, 0.2) is 0 Å². The molecule has 0 radical (unpaired) electrons. The molecule has 3 nitrogen and oxygen atoms in total. The molecule has 1 aliphatic rings. The van der Waals surface area contributed by atoms with Crippen LogP contribution in [0, 0.1) is 0 Å². The lowest BCUT2D eigenvalue weighted by molar-refractivity contribution is 0.221. The van der Waals surface area contributed by atoms with Gasteiger partial charge in [-0.25, -0.2) is 0 Å². The van der Waals surface area contributed by atoms with Crippen LogP contribution in [0.15, 0.2) is 36.7 Å². The maximum absolute atomic E-state index is 4.51. The van der Waals surface area contributed by atoms with Gasteiger partial charge in [0, 0.05) is 42.3 Å². The molecule has 4 rings (SSSR count). The molecule has 0 N–H and O–H groups in total. The average Bonchev–Trinajstić information content (AvgIpc) is 2.85. The van der Waals surface area contributed by atoms with Crippen LogP contribution in [0.1, 0.15) is 24.8 Å². The summed E-state index contributed by atoms with van der Waals surface area (Å²) in [6.45, 7) is 3.53. The van der Waals surface area contributed by atoms with Crippen LogP contribution in [-0.2, 0) is 13.6 Å². The van der Waals surface area contributed by atoms with E-state index in [2.05, 4.69) is 45.9 Å². The number of piperidine rings is 1. The maximum atomic E-state index is 4.51. The minimum Gasteiger partial charge on any atom is -0.350 e. The smallest absolute Gasteiger partial charge is 0.0709 e. The summed E-state index contributed by atoms with van der Waals surface area (Å²) in [4.78, 5) is 7.10. The number of hydrogen-bond donors (Lipinski definition) is 0. The first-order chi connectivity index (χ1) is 10.3. The van der Waals surface area contributed by atoms with E-state index in [1.807, 2.05) is 12.3 Å². The Morgan fingerprint density at radius 1 is 1.10 bits per heavy atom. The third kappa shape index (κ3) is 2.22. The van der Waals surface area contributed by atoms with E-state index in [9.17, 15) is 0 Å². The summed E-state index contributed by atoms with van der Waals surface area (Å²) in [7, 11) is 2.14. The first kappa shape index (κ1) is 12.8. The SMILES string of the molecule is Cn1cc(CN2CCCCC2)c2c3cccnc3ccc21. The van der Waals surface area contributed by atoms with E-state index in [4.69, 9.17) is 0 Å². The molecule has 0 aliphatic carbocycles. The number of rotatable bonds is 2. The van der Waals surface area contributed by atoms with E-state index in [0.717, 1.165) is 12.1 Å². The van der Waals surface area contributed by atoms with Crippen molar-refractivity contribution in [3.63, 3.8) is 0 Å². The highest BCUT2D eigenvalue weighted by Crippen LogP contribution is 2.29. The van der Waals surface area contributed by atoms with Crippen LogP contribution in [0.3, 0.4) is 0 Å². The number of likely N-dealkylation sites (tertiary alicyclic amines) is 1. The standard InChI is InChI=1S/C18H21N3/c1-20-12-14(13-21-10-3-2-4-11-21)18-15-6-5-9-19-16(15)7-8-17(18)20/h5-9,12H,2-4,10-11,13H2,1H3. The van der Waals surface area contributed by atoms with E-state index >= 15 is 0 Å². The van der Waals surface area contributed by atoms with E-state index in [1.165, 1.54) is 54.2 Å². The molecule has 2 aromatic heterocycles. The topological polar surface area (TPSA) is 21.1 Å². The van der Waals surface area contributed by atoms with Crippen molar-refractivity contribution in [1.82, 2.24) is 14.5 Å². The molecule has 0 atom stereocenters. The van der Waals surface area contributed by atoms with Gasteiger partial charge in [0.1, 0.15) is 0 Å². The highest BCUT2D eigenvalue weighted by molar-refractivity contribution is 6.07. The van der Waals surface area contributed by atoms with Gasteiger partial charge in [-0.1, -0.05) is 12.5 Å². The summed E-state index contributed by atoms with van der Waals surface area (Å²) >= 11 is 0. The molecule has 1 aliphatic heterocycles. The second-order valence-corrected chi connectivity index (χ2v) is 6.13. The van der Waals surface area contributed by atoms with Gasteiger partial charge in [0.05, 0.1) is 5.52 Å². The molecule has 3 heteroatoms. The van der Waals surface area contributed by atoms with Gasteiger partial charge in [-0.2, -0.15) is 0 Å². The van der Waals surface area contributed by atoms with Crippen molar-refractivity contribution in [3.05, 3.63) is 42.2 Å². The summed E-state index contributed by atoms with van der Waals surface area (Å²) in [6.07, 6.45) is 8.24. The Kier molecular flexibility index (Phi) is 3.15. The van der Waals surface area contributed by atoms with Crippen molar-refractivity contribution in [2.24, 2.45) is 7.05 Å². The van der Waals surface area contributed by atoms with Gasteiger partial charge in [0.2, 0.25) is 0 Å². The quantitative estimate of drug-likeness (QED) is 0.713. The first-order valence-electron chi connectivity index (χ1n) is 7.87. The molecular weight excluding hydrogens is 258 g/mol. The van der Waals surface area contributed by atoms with Crippen LogP contribution in [0.25, 0.3) is 21.8 Å². The molecule has 21 heavy (non-hydrogen) atoms. The van der Waals surface area contributed by atoms with Gasteiger partial charge >= 0.3 is 0 Å². The summed E-state index contributed by atoms with van der Waals surface area (Å²) in [5.74, 6) is 0. The molecular formula is C18H21N3. The molecule has 0 amide bonds. The van der Waals surface area contributed by atoms with Crippen LogP contribution in [0.5, 0.6) is 0 Å². The highest BCUT2D eigenvalue weighted by atomic mass is 15.1. The lowest BCUT2D eigenvalue weighted by atomic mass is 10.1. The normalized spacial score (nSPS) is 16.8. The van der Waals surface area contributed by atoms with Crippen molar-refractivity contribution in [2.75, 3.05) is 13.1 Å². The van der Waals surface area contributed by atoms with Crippen molar-refractivity contribution in [2.45, 2.75) is 25.8 Å². The number of fused-ring (bicyclic) bond motifs is 3. The van der Waals surface area contributed by atoms with Crippen LogP contribution >= 0.6 is 0 Å². The maximum Gasteiger partial charge on any atom is 0.0709 e. The number of aromatic nitrogens is 2. The van der Waals surface area contributed by atoms with E-state index in [1.54, 1.807) is 0 Å². The Hall–Kier alpha value is -1.87. The zero-order chi connectivity index (χ0) is 14.2. The van der Waals surface area contributed by atoms with Gasteiger partial charge in [0.25, 0.3) is 0 Å². The fourth-order valence-electron chi connectivity index (χ4n) is 3.62. The summed E-state index contributed by atoms with van der Waals surface area (Å²) < 4.78 is 2.25. The van der Waals surface area contributed by atoms with E-state index in [0.29, 0.717) is 0 Å². The van der Waals surface area contributed by atoms with Crippen molar-refractivity contribution < 1.29 is 0 Å². The number of nitrogens with zero attached hydrogens (tertiary/aromatic N) is 3. The zero-order valence-electron chi connectivity index (χ0n) is 12.5. The lowest BCUT2D eigenvalue weighted by Crippen LogP contribution is -2.28. The molecule has 1 fully saturated rings. The van der Waals surface area contributed by atoms with Crippen molar-refractivity contribution in [1.29, 1.82) is 0 Å². The molecule has 0 spiro atoms. The van der Waals surface area contributed by atoms with Crippen LogP contribution in [-0.4, -0.2) is 27.5 Å². The summed E-state index contributed by atoms with van der Waals surface area (Å²) in [5.41, 5.74) is 3.84. The Morgan fingerprint density at radius 2 is 1.95 bits per heavy atom. The largest absolute Gasteiger partial charge is 0.350 e. The Balaban J connectivity index is 1.85. The summed E-state index contributed by atoms with van der Waals surface area (Å²) in [5, 5.41) is 2.66. The Bertz CT molecular complexity index is 782. The van der Waals surface area contributed by atoms with Crippen molar-refractivity contribution >= 4 is 21.8 Å². The van der Waals surface area contributed by atoms with Gasteiger partial charge in [-0.3, -0.25) is 9.88 Å². The Morgan fingerprint density at radius 3 is 2.81 bits per heavy atom. The third-order valence-corrected chi connectivity index (χ3v) is 4.66. The van der Waals surface area contributed by atoms with Crippen molar-refractivity contribution in [3.8, 4) is 0 Å². The molecule has 3 aromatic rings. The zero-order valence-corrected chi connectivity index (χ0v) is 12.5. The monoisotopic (exact) mass is 279 g/mol. The Labute approximate surface area is 125 Å². The third-order valence-electron chi connectivity index (χ3n) is 4.66. The van der Waals surface area contributed by atoms with Gasteiger partial charge in [-0.15, -0.1) is 0 Å². The van der Waals surface area contributed by atoms with Gasteiger partial charge < -0.3 is 4.57 Å². The van der Waals surface area contributed by atoms with Crippen LogP contribution < -0.4 is 0 Å². The minimum absolute atomic E-state index is 1.06. The number of benzene rings is 1. The second kappa shape index (κ2) is 5.15. The fraction of sp³-hybridized carbons (Fsp3) is 0.389. The van der Waals surface area contributed by atoms with E-state index in [-0.39, 0.29) is 0 Å². The molecule has 3 heterocycles. The summed E-state index contributed by atoms with van der Waals surface area (Å²) in [6, 6.07) is 8.57. The number of hydrogen-bond acceptors (Lipinski definition) is 2.